The molecule has 0 saturated carbocycles. The summed E-state index contributed by atoms with van der Waals surface area (Å²) in [4.78, 5) is 20.9. The normalized spacial score (nSPS) is 11.5. The van der Waals surface area contributed by atoms with Crippen molar-refractivity contribution in [3.63, 3.8) is 0 Å². The molecule has 2 aromatic heterocycles. The third-order valence-corrected chi connectivity index (χ3v) is 4.56. The van der Waals surface area contributed by atoms with Crippen LogP contribution in [-0.2, 0) is 0 Å². The topological polar surface area (TPSA) is 91.8 Å². The molecule has 0 spiro atoms. The predicted molar refractivity (Wildman–Crippen MR) is 84.0 cm³/mol. The zero-order valence-electron chi connectivity index (χ0n) is 11.1. The second-order valence-electron chi connectivity index (χ2n) is 4.14. The molecule has 1 aromatic carbocycles. The monoisotopic (exact) mass is 330 g/mol. The van der Waals surface area contributed by atoms with Gasteiger partial charge in [-0.2, -0.15) is 5.10 Å². The van der Waals surface area contributed by atoms with Crippen LogP contribution in [0.4, 0.5) is 0 Å². The number of thiazole rings is 1. The van der Waals surface area contributed by atoms with Crippen molar-refractivity contribution in [3.8, 4) is 0 Å². The molecule has 0 bridgehead atoms. The zero-order valence-corrected chi connectivity index (χ0v) is 12.8. The maximum Gasteiger partial charge on any atom is 0.226 e. The fourth-order valence-corrected chi connectivity index (χ4v) is 3.40. The summed E-state index contributed by atoms with van der Waals surface area (Å²) in [6, 6.07) is 9.80. The fraction of sp³-hybridized carbons (Fsp3) is 0. The van der Waals surface area contributed by atoms with E-state index in [1.807, 2.05) is 30.3 Å². The van der Waals surface area contributed by atoms with Crippen molar-refractivity contribution in [1.82, 2.24) is 20.2 Å². The Labute approximate surface area is 134 Å². The van der Waals surface area contributed by atoms with E-state index in [0.29, 0.717) is 5.69 Å². The molecule has 3 aromatic rings. The summed E-state index contributed by atoms with van der Waals surface area (Å²) < 4.78 is 0.785. The molecule has 0 aliphatic carbocycles. The molecule has 0 unspecified atom stereocenters. The molecule has 0 aliphatic heterocycles. The van der Waals surface area contributed by atoms with E-state index in [2.05, 4.69) is 20.2 Å². The largest absolute Gasteiger partial charge is 0.506 e. The third kappa shape index (κ3) is 3.41. The van der Waals surface area contributed by atoms with Gasteiger partial charge in [0.25, 0.3) is 0 Å². The molecule has 0 aliphatic rings. The molecule has 3 rings (SSSR count). The first-order chi connectivity index (χ1) is 10.7. The minimum Gasteiger partial charge on any atom is -0.506 e. The van der Waals surface area contributed by atoms with Crippen molar-refractivity contribution in [3.05, 3.63) is 59.6 Å². The Morgan fingerprint density at radius 1 is 1.32 bits per heavy atom. The van der Waals surface area contributed by atoms with Crippen molar-refractivity contribution in [1.29, 1.82) is 0 Å². The van der Waals surface area contributed by atoms with Crippen molar-refractivity contribution in [2.75, 3.05) is 0 Å². The quantitative estimate of drug-likeness (QED) is 0.424. The number of allylic oxidation sites excluding steroid dienone is 1. The Bertz CT molecular complexity index is 797. The van der Waals surface area contributed by atoms with Crippen LogP contribution < -0.4 is 0 Å². The molecular weight excluding hydrogens is 320 g/mol. The van der Waals surface area contributed by atoms with E-state index in [1.165, 1.54) is 29.4 Å². The van der Waals surface area contributed by atoms with Gasteiger partial charge in [0, 0.05) is 16.4 Å². The van der Waals surface area contributed by atoms with Gasteiger partial charge in [0.05, 0.1) is 0 Å². The number of H-pyrrole nitrogens is 1. The minimum atomic E-state index is -0.458. The Hall–Kier alpha value is -2.45. The average Bonchev–Trinajstić information content (AvgIpc) is 3.19. The van der Waals surface area contributed by atoms with Crippen LogP contribution in [-0.4, -0.2) is 31.1 Å². The molecule has 110 valence electrons. The Morgan fingerprint density at radius 2 is 2.14 bits per heavy atom. The number of carbonyl (C=O) groups is 1. The van der Waals surface area contributed by atoms with E-state index >= 15 is 0 Å². The highest BCUT2D eigenvalue weighted by Crippen LogP contribution is 2.31. The van der Waals surface area contributed by atoms with E-state index in [0.717, 1.165) is 15.3 Å². The van der Waals surface area contributed by atoms with Crippen LogP contribution in [0, 0.1) is 0 Å². The number of hydrogen-bond donors (Lipinski definition) is 2. The van der Waals surface area contributed by atoms with Crippen molar-refractivity contribution >= 4 is 34.6 Å². The summed E-state index contributed by atoms with van der Waals surface area (Å²) in [5.41, 5.74) is 0.358. The highest BCUT2D eigenvalue weighted by atomic mass is 32.2. The number of benzene rings is 1. The number of aliphatic hydroxyl groups excluding tert-OH is 1. The maximum atomic E-state index is 11.8. The van der Waals surface area contributed by atoms with E-state index < -0.39 is 5.78 Å². The van der Waals surface area contributed by atoms with Crippen LogP contribution >= 0.6 is 23.1 Å². The lowest BCUT2D eigenvalue weighted by Crippen LogP contribution is -1.99. The lowest BCUT2D eigenvalue weighted by molar-refractivity contribution is 0.103. The molecular formula is C14H10N4O2S2. The van der Waals surface area contributed by atoms with E-state index in [9.17, 15) is 9.90 Å². The second-order valence-corrected chi connectivity index (χ2v) is 6.32. The number of aromatic amines is 1. The fourth-order valence-electron chi connectivity index (χ4n) is 1.60. The van der Waals surface area contributed by atoms with Gasteiger partial charge in [-0.3, -0.25) is 9.89 Å². The minimum absolute atomic E-state index is 0.0701. The van der Waals surface area contributed by atoms with Crippen LogP contribution in [0.3, 0.4) is 0 Å². The van der Waals surface area contributed by atoms with Crippen molar-refractivity contribution < 1.29 is 9.90 Å². The van der Waals surface area contributed by atoms with Gasteiger partial charge in [-0.25, -0.2) is 9.97 Å². The molecule has 0 saturated heterocycles. The highest BCUT2D eigenvalue weighted by molar-refractivity contribution is 8.01. The molecule has 6 nitrogen and oxygen atoms in total. The molecule has 0 amide bonds. The first-order valence-electron chi connectivity index (χ1n) is 6.21. The summed E-state index contributed by atoms with van der Waals surface area (Å²) in [7, 11) is 0. The first kappa shape index (κ1) is 14.5. The number of ketones is 1. The molecule has 0 atom stereocenters. The van der Waals surface area contributed by atoms with Gasteiger partial charge in [0.1, 0.15) is 17.8 Å². The average molecular weight is 330 g/mol. The molecule has 22 heavy (non-hydrogen) atoms. The van der Waals surface area contributed by atoms with Gasteiger partial charge in [-0.15, -0.1) is 11.3 Å². The van der Waals surface area contributed by atoms with E-state index in [1.54, 1.807) is 5.38 Å². The van der Waals surface area contributed by atoms with Gasteiger partial charge in [0.2, 0.25) is 5.78 Å². The predicted octanol–water partition coefficient (Wildman–Crippen LogP) is 3.19. The summed E-state index contributed by atoms with van der Waals surface area (Å²) in [6.07, 6.45) is 2.31. The number of aromatic nitrogens is 4. The molecule has 0 radical (unpaired) electrons. The second kappa shape index (κ2) is 6.54. The van der Waals surface area contributed by atoms with Crippen LogP contribution in [0.2, 0.25) is 0 Å². The van der Waals surface area contributed by atoms with Gasteiger partial charge < -0.3 is 5.11 Å². The maximum absolute atomic E-state index is 11.8. The van der Waals surface area contributed by atoms with Crippen molar-refractivity contribution in [2.24, 2.45) is 0 Å². The number of aliphatic hydroxyl groups is 1. The van der Waals surface area contributed by atoms with Crippen LogP contribution in [0.25, 0.3) is 5.76 Å². The van der Waals surface area contributed by atoms with Gasteiger partial charge >= 0.3 is 0 Å². The highest BCUT2D eigenvalue weighted by Gasteiger charge is 2.11. The number of rotatable bonds is 5. The SMILES string of the molecule is O=C(C=C(O)c1csc(Sc2ccccc2)n1)c1ncn[nH]1. The van der Waals surface area contributed by atoms with Crippen LogP contribution in [0.5, 0.6) is 0 Å². The Balaban J connectivity index is 1.74. The van der Waals surface area contributed by atoms with Gasteiger partial charge in [0.15, 0.2) is 10.2 Å². The summed E-state index contributed by atoms with van der Waals surface area (Å²) >= 11 is 2.90. The number of nitrogens with one attached hydrogen (secondary N) is 1. The van der Waals surface area contributed by atoms with Gasteiger partial charge in [-0.05, 0) is 12.1 Å². The smallest absolute Gasteiger partial charge is 0.226 e. The summed E-state index contributed by atoms with van der Waals surface area (Å²) in [5, 5.41) is 17.7. The van der Waals surface area contributed by atoms with Crippen LogP contribution in [0.15, 0.2) is 57.4 Å². The zero-order chi connectivity index (χ0) is 15.4. The third-order valence-electron chi connectivity index (χ3n) is 2.61. The molecule has 8 heteroatoms. The molecule has 0 fully saturated rings. The van der Waals surface area contributed by atoms with Crippen molar-refractivity contribution in [2.45, 2.75) is 9.24 Å². The lowest BCUT2D eigenvalue weighted by Gasteiger charge is -1.96. The van der Waals surface area contributed by atoms with E-state index in [-0.39, 0.29) is 11.6 Å². The van der Waals surface area contributed by atoms with Gasteiger partial charge in [-0.1, -0.05) is 30.0 Å². The first-order valence-corrected chi connectivity index (χ1v) is 7.91. The molecule has 2 N–H and O–H groups in total. The Morgan fingerprint density at radius 3 is 2.86 bits per heavy atom. The van der Waals surface area contributed by atoms with Crippen LogP contribution in [0.1, 0.15) is 16.3 Å². The van der Waals surface area contributed by atoms with E-state index in [4.69, 9.17) is 0 Å². The number of hydrogen-bond acceptors (Lipinski definition) is 7. The molecule has 2 heterocycles. The Kier molecular flexibility index (Phi) is 4.31. The summed E-state index contributed by atoms with van der Waals surface area (Å²) in [5.74, 6) is -0.585. The summed E-state index contributed by atoms with van der Waals surface area (Å²) in [6.45, 7) is 0. The standard InChI is InChI=1S/C14H10N4O2S2/c19-11(6-12(20)13-15-8-16-18-13)10-7-21-14(17-10)22-9-4-2-1-3-5-9/h1-8,19H,(H,15,16,18). The lowest BCUT2D eigenvalue weighted by atomic mass is 10.3. The number of carbonyl (C=O) groups excluding carboxylic acids is 1. The number of nitrogens with zero attached hydrogens (tertiary/aromatic N) is 3.